The van der Waals surface area contributed by atoms with Crippen molar-refractivity contribution in [2.24, 2.45) is 0 Å². The van der Waals surface area contributed by atoms with Crippen molar-refractivity contribution in [2.75, 3.05) is 6.54 Å². The molecule has 0 amide bonds. The van der Waals surface area contributed by atoms with Gasteiger partial charge in [-0.15, -0.1) is 11.3 Å². The van der Waals surface area contributed by atoms with Crippen LogP contribution in [0.3, 0.4) is 0 Å². The molecule has 0 aliphatic carbocycles. The van der Waals surface area contributed by atoms with Gasteiger partial charge in [-0.05, 0) is 24.7 Å². The summed E-state index contributed by atoms with van der Waals surface area (Å²) in [6, 6.07) is 12.4. The molecule has 1 unspecified atom stereocenters. The summed E-state index contributed by atoms with van der Waals surface area (Å²) in [6.07, 6.45) is 4.74. The van der Waals surface area contributed by atoms with Crippen molar-refractivity contribution in [3.8, 4) is 5.69 Å². The van der Waals surface area contributed by atoms with Crippen LogP contribution in [0.5, 0.6) is 0 Å². The van der Waals surface area contributed by atoms with Crippen LogP contribution in [0.25, 0.3) is 5.69 Å². The first-order chi connectivity index (χ1) is 10.4. The lowest BCUT2D eigenvalue weighted by Crippen LogP contribution is -2.23. The van der Waals surface area contributed by atoms with Gasteiger partial charge in [-0.25, -0.2) is 9.67 Å². The van der Waals surface area contributed by atoms with E-state index < -0.39 is 0 Å². The van der Waals surface area contributed by atoms with Crippen molar-refractivity contribution in [1.29, 1.82) is 0 Å². The van der Waals surface area contributed by atoms with E-state index in [-0.39, 0.29) is 6.04 Å². The number of aromatic nitrogens is 3. The van der Waals surface area contributed by atoms with Gasteiger partial charge < -0.3 is 5.32 Å². The van der Waals surface area contributed by atoms with Gasteiger partial charge in [0.25, 0.3) is 0 Å². The highest BCUT2D eigenvalue weighted by atomic mass is 32.1. The zero-order valence-electron chi connectivity index (χ0n) is 11.9. The van der Waals surface area contributed by atoms with Gasteiger partial charge in [-0.1, -0.05) is 25.1 Å². The number of nitrogens with one attached hydrogen (secondary N) is 1. The van der Waals surface area contributed by atoms with Gasteiger partial charge in [0.05, 0.1) is 22.4 Å². The van der Waals surface area contributed by atoms with Gasteiger partial charge in [-0.2, -0.15) is 5.10 Å². The first-order valence-electron chi connectivity index (χ1n) is 7.09. The monoisotopic (exact) mass is 298 g/mol. The van der Waals surface area contributed by atoms with Crippen LogP contribution in [0, 0.1) is 0 Å². The number of likely N-dealkylation sites (N-methyl/N-ethyl adjacent to an activating group) is 1. The fourth-order valence-electron chi connectivity index (χ4n) is 2.30. The lowest BCUT2D eigenvalue weighted by Gasteiger charge is -2.14. The van der Waals surface area contributed by atoms with Crippen LogP contribution >= 0.6 is 11.3 Å². The maximum absolute atomic E-state index is 4.71. The van der Waals surface area contributed by atoms with Crippen LogP contribution < -0.4 is 5.32 Å². The Morgan fingerprint density at radius 3 is 2.81 bits per heavy atom. The molecule has 0 aliphatic heterocycles. The highest BCUT2D eigenvalue weighted by Gasteiger charge is 2.15. The van der Waals surface area contributed by atoms with Gasteiger partial charge in [-0.3, -0.25) is 0 Å². The molecule has 4 nitrogen and oxygen atoms in total. The second kappa shape index (κ2) is 6.65. The van der Waals surface area contributed by atoms with Crippen molar-refractivity contribution >= 4 is 11.3 Å². The fourth-order valence-corrected chi connectivity index (χ4v) is 2.97. The Labute approximate surface area is 128 Å². The molecule has 1 N–H and O–H groups in total. The standard InChI is InChI=1S/C16H18N4S/c1-2-17-15(12-16-18-9-11-21-16)14-8-10-20(19-14)13-6-4-3-5-7-13/h3-11,15,17H,2,12H2,1H3. The third-order valence-corrected chi connectivity index (χ3v) is 4.10. The number of para-hydroxylation sites is 1. The van der Waals surface area contributed by atoms with Gasteiger partial charge in [0.15, 0.2) is 0 Å². The van der Waals surface area contributed by atoms with E-state index >= 15 is 0 Å². The van der Waals surface area contributed by atoms with Crippen LogP contribution in [-0.2, 0) is 6.42 Å². The van der Waals surface area contributed by atoms with E-state index in [4.69, 9.17) is 5.10 Å². The zero-order valence-corrected chi connectivity index (χ0v) is 12.8. The third kappa shape index (κ3) is 3.37. The number of rotatable bonds is 6. The molecular weight excluding hydrogens is 280 g/mol. The van der Waals surface area contributed by atoms with Gasteiger partial charge in [0.2, 0.25) is 0 Å². The second-order valence-electron chi connectivity index (χ2n) is 4.76. The van der Waals surface area contributed by atoms with Gasteiger partial charge in [0.1, 0.15) is 0 Å². The Morgan fingerprint density at radius 1 is 1.24 bits per heavy atom. The van der Waals surface area contributed by atoms with Crippen molar-refractivity contribution in [2.45, 2.75) is 19.4 Å². The number of hydrogen-bond donors (Lipinski definition) is 1. The van der Waals surface area contributed by atoms with Gasteiger partial charge in [0, 0.05) is 24.2 Å². The second-order valence-corrected chi connectivity index (χ2v) is 5.74. The molecule has 108 valence electrons. The molecule has 0 aliphatic rings. The number of nitrogens with zero attached hydrogens (tertiary/aromatic N) is 3. The molecule has 5 heteroatoms. The number of hydrogen-bond acceptors (Lipinski definition) is 4. The summed E-state index contributed by atoms with van der Waals surface area (Å²) in [5.74, 6) is 0. The molecule has 2 aromatic heterocycles. The van der Waals surface area contributed by atoms with Crippen LogP contribution in [0.4, 0.5) is 0 Å². The van der Waals surface area contributed by atoms with Crippen LogP contribution in [0.1, 0.15) is 23.7 Å². The molecule has 0 fully saturated rings. The van der Waals surface area contributed by atoms with E-state index in [9.17, 15) is 0 Å². The van der Waals surface area contributed by atoms with E-state index in [0.29, 0.717) is 0 Å². The summed E-state index contributed by atoms with van der Waals surface area (Å²) in [5.41, 5.74) is 2.13. The number of thiazole rings is 1. The van der Waals surface area contributed by atoms with Crippen molar-refractivity contribution in [3.05, 3.63) is 64.9 Å². The summed E-state index contributed by atoms with van der Waals surface area (Å²) in [5, 5.41) is 11.4. The highest BCUT2D eigenvalue weighted by Crippen LogP contribution is 2.19. The van der Waals surface area contributed by atoms with Crippen LogP contribution in [0.2, 0.25) is 0 Å². The SMILES string of the molecule is CCNC(Cc1nccs1)c1ccn(-c2ccccc2)n1. The average molecular weight is 298 g/mol. The van der Waals surface area contributed by atoms with E-state index in [1.54, 1.807) is 11.3 Å². The quantitative estimate of drug-likeness (QED) is 0.760. The Kier molecular flexibility index (Phi) is 4.43. The number of benzene rings is 1. The largest absolute Gasteiger partial charge is 0.309 e. The molecule has 0 saturated heterocycles. The minimum atomic E-state index is 0.200. The van der Waals surface area contributed by atoms with Crippen molar-refractivity contribution in [3.63, 3.8) is 0 Å². The molecule has 1 aromatic carbocycles. The summed E-state index contributed by atoms with van der Waals surface area (Å²) in [7, 11) is 0. The maximum atomic E-state index is 4.71. The van der Waals surface area contributed by atoms with E-state index in [1.807, 2.05) is 40.7 Å². The van der Waals surface area contributed by atoms with Crippen molar-refractivity contribution < 1.29 is 0 Å². The normalized spacial score (nSPS) is 12.4. The predicted molar refractivity (Wildman–Crippen MR) is 85.8 cm³/mol. The average Bonchev–Trinajstić information content (AvgIpc) is 3.19. The molecule has 1 atom stereocenters. The molecule has 0 bridgehead atoms. The van der Waals surface area contributed by atoms with Crippen LogP contribution in [-0.4, -0.2) is 21.3 Å². The van der Waals surface area contributed by atoms with Crippen LogP contribution in [0.15, 0.2) is 54.2 Å². The summed E-state index contributed by atoms with van der Waals surface area (Å²) in [4.78, 5) is 4.37. The summed E-state index contributed by atoms with van der Waals surface area (Å²) >= 11 is 1.69. The summed E-state index contributed by atoms with van der Waals surface area (Å²) in [6.45, 7) is 3.03. The first-order valence-corrected chi connectivity index (χ1v) is 7.97. The Bertz CT molecular complexity index is 661. The van der Waals surface area contributed by atoms with Crippen molar-refractivity contribution in [1.82, 2.24) is 20.1 Å². The first kappa shape index (κ1) is 14.0. The predicted octanol–water partition coefficient (Wildman–Crippen LogP) is 3.22. The Morgan fingerprint density at radius 2 is 2.10 bits per heavy atom. The third-order valence-electron chi connectivity index (χ3n) is 3.30. The minimum Gasteiger partial charge on any atom is -0.309 e. The molecule has 0 spiro atoms. The van der Waals surface area contributed by atoms with Gasteiger partial charge >= 0.3 is 0 Å². The molecule has 0 radical (unpaired) electrons. The smallest absolute Gasteiger partial charge is 0.0944 e. The minimum absolute atomic E-state index is 0.200. The molecular formula is C16H18N4S. The van der Waals surface area contributed by atoms with E-state index in [1.165, 1.54) is 0 Å². The van der Waals surface area contributed by atoms with E-state index in [0.717, 1.165) is 29.4 Å². The highest BCUT2D eigenvalue weighted by molar-refractivity contribution is 7.09. The summed E-state index contributed by atoms with van der Waals surface area (Å²) < 4.78 is 1.92. The molecule has 0 saturated carbocycles. The zero-order chi connectivity index (χ0) is 14.5. The molecule has 21 heavy (non-hydrogen) atoms. The molecule has 2 heterocycles. The Hall–Kier alpha value is -1.98. The maximum Gasteiger partial charge on any atom is 0.0944 e. The lowest BCUT2D eigenvalue weighted by molar-refractivity contribution is 0.531. The molecule has 3 rings (SSSR count). The fraction of sp³-hybridized carbons (Fsp3) is 0.250. The topological polar surface area (TPSA) is 42.7 Å². The molecule has 3 aromatic rings. The lowest BCUT2D eigenvalue weighted by atomic mass is 10.1. The Balaban J connectivity index is 1.81. The van der Waals surface area contributed by atoms with E-state index in [2.05, 4.69) is 35.4 Å².